The lowest BCUT2D eigenvalue weighted by atomic mass is 10.0. The number of cyclic esters (lactones) is 1. The fourth-order valence-corrected chi connectivity index (χ4v) is 3.09. The van der Waals surface area contributed by atoms with Crippen LogP contribution in [-0.2, 0) is 9.53 Å². The second kappa shape index (κ2) is 9.09. The summed E-state index contributed by atoms with van der Waals surface area (Å²) < 4.78 is 20.2. The van der Waals surface area contributed by atoms with Crippen LogP contribution in [-0.4, -0.2) is 37.7 Å². The molecule has 3 rings (SSSR count). The van der Waals surface area contributed by atoms with Gasteiger partial charge in [0, 0.05) is 23.7 Å². The molecule has 2 amide bonds. The number of anilines is 2. The number of halogens is 1. The highest BCUT2D eigenvalue weighted by atomic mass is 19.1. The Bertz CT molecular complexity index is 1080. The van der Waals surface area contributed by atoms with Crippen molar-refractivity contribution in [2.24, 2.45) is 0 Å². The molecule has 154 valence electrons. The lowest BCUT2D eigenvalue weighted by molar-refractivity contribution is -0.119. The van der Waals surface area contributed by atoms with Gasteiger partial charge in [-0.15, -0.1) is 6.42 Å². The molecule has 1 aliphatic heterocycles. The first-order valence-electron chi connectivity index (χ1n) is 9.23. The number of benzene rings is 1. The van der Waals surface area contributed by atoms with Gasteiger partial charge in [-0.05, 0) is 42.5 Å². The minimum atomic E-state index is -0.615. The van der Waals surface area contributed by atoms with Crippen molar-refractivity contribution in [1.29, 1.82) is 0 Å². The van der Waals surface area contributed by atoms with Crippen LogP contribution in [0.5, 0.6) is 0 Å². The van der Waals surface area contributed by atoms with Crippen LogP contribution < -0.4 is 21.0 Å². The molecule has 0 spiro atoms. The van der Waals surface area contributed by atoms with Gasteiger partial charge in [-0.25, -0.2) is 9.18 Å². The molecule has 30 heavy (non-hydrogen) atoms. The van der Waals surface area contributed by atoms with Crippen molar-refractivity contribution in [1.82, 2.24) is 5.32 Å². The normalized spacial score (nSPS) is 15.3. The molecule has 1 fully saturated rings. The molecule has 0 aromatic heterocycles. The smallest absolute Gasteiger partial charge is 0.414 e. The Morgan fingerprint density at radius 1 is 1.23 bits per heavy atom. The highest BCUT2D eigenvalue weighted by Crippen LogP contribution is 2.32. The Balaban J connectivity index is 1.89. The van der Waals surface area contributed by atoms with E-state index < -0.39 is 18.0 Å². The number of hydrogen-bond donors (Lipinski definition) is 2. The van der Waals surface area contributed by atoms with Gasteiger partial charge in [0.15, 0.2) is 5.43 Å². The Hall–Kier alpha value is -3.86. The predicted molar refractivity (Wildman–Crippen MR) is 112 cm³/mol. The molecule has 1 saturated heterocycles. The molecule has 7 nitrogen and oxygen atoms in total. The van der Waals surface area contributed by atoms with E-state index in [1.54, 1.807) is 12.1 Å². The molecule has 1 unspecified atom stereocenters. The maximum Gasteiger partial charge on any atom is 0.414 e. The lowest BCUT2D eigenvalue weighted by Crippen LogP contribution is -2.33. The first-order valence-corrected chi connectivity index (χ1v) is 9.23. The summed E-state index contributed by atoms with van der Waals surface area (Å²) in [6.45, 7) is 1.95. The van der Waals surface area contributed by atoms with Crippen LogP contribution in [0.2, 0.25) is 0 Å². The van der Waals surface area contributed by atoms with Crippen molar-refractivity contribution in [2.75, 3.05) is 29.9 Å². The highest BCUT2D eigenvalue weighted by Gasteiger charge is 2.32. The van der Waals surface area contributed by atoms with E-state index in [0.717, 1.165) is 0 Å². The van der Waals surface area contributed by atoms with Crippen LogP contribution in [0.25, 0.3) is 11.1 Å². The van der Waals surface area contributed by atoms with Crippen LogP contribution in [0, 0.1) is 18.2 Å². The molecule has 0 radical (unpaired) electrons. The van der Waals surface area contributed by atoms with Gasteiger partial charge < -0.3 is 15.4 Å². The van der Waals surface area contributed by atoms with E-state index in [1.807, 2.05) is 0 Å². The van der Waals surface area contributed by atoms with Gasteiger partial charge in [0.2, 0.25) is 5.91 Å². The van der Waals surface area contributed by atoms with Crippen molar-refractivity contribution in [2.45, 2.75) is 13.0 Å². The molecule has 0 saturated carbocycles. The van der Waals surface area contributed by atoms with Crippen molar-refractivity contribution in [3.8, 4) is 23.5 Å². The summed E-state index contributed by atoms with van der Waals surface area (Å²) in [5.41, 5.74) is 1.32. The van der Waals surface area contributed by atoms with Gasteiger partial charge in [-0.3, -0.25) is 14.5 Å². The van der Waals surface area contributed by atoms with Gasteiger partial charge >= 0.3 is 6.09 Å². The number of carbonyl (C=O) groups excluding carboxylic acids is 2. The molecule has 0 bridgehead atoms. The van der Waals surface area contributed by atoms with E-state index in [2.05, 4.69) is 16.6 Å². The van der Waals surface area contributed by atoms with Crippen molar-refractivity contribution >= 4 is 23.4 Å². The van der Waals surface area contributed by atoms with E-state index in [-0.39, 0.29) is 36.5 Å². The summed E-state index contributed by atoms with van der Waals surface area (Å²) in [6.07, 6.45) is 4.15. The molecular weight excluding hydrogens is 389 g/mol. The second-order valence-electron chi connectivity index (χ2n) is 6.67. The van der Waals surface area contributed by atoms with Crippen molar-refractivity contribution in [3.63, 3.8) is 0 Å². The number of amides is 2. The lowest BCUT2D eigenvalue weighted by Gasteiger charge is -2.15. The van der Waals surface area contributed by atoms with Crippen molar-refractivity contribution in [3.05, 3.63) is 58.5 Å². The number of nitrogens with zero attached hydrogens (tertiary/aromatic N) is 1. The van der Waals surface area contributed by atoms with E-state index in [9.17, 15) is 14.4 Å². The zero-order chi connectivity index (χ0) is 21.7. The fourth-order valence-electron chi connectivity index (χ4n) is 3.09. The van der Waals surface area contributed by atoms with Gasteiger partial charge in [0.05, 0.1) is 25.3 Å². The maximum atomic E-state index is 15.0. The molecule has 0 aliphatic carbocycles. The number of ether oxygens (including phenoxy) is 1. The molecular formula is C22H20FN3O4. The summed E-state index contributed by atoms with van der Waals surface area (Å²) in [7, 11) is 0. The standard InChI is InChI=1S/C22H20FN3O4/c1-3-10-24-21-9-6-16(28)5-8-19(21)18-7-4-15(11-20(18)23)26-13-17(30-22(26)29)12-25-14(2)27/h1,4-9,11,17,24H,10,12-13H2,2H3,(H,25,27). The molecule has 1 atom stereocenters. The maximum absolute atomic E-state index is 15.0. The minimum Gasteiger partial charge on any atom is -0.442 e. The van der Waals surface area contributed by atoms with Crippen LogP contribution in [0.4, 0.5) is 20.6 Å². The SMILES string of the molecule is C#CCNc1ccc(=O)ccc1-c1ccc(N2CC(CNC(C)=O)OC2=O)cc1F. The summed E-state index contributed by atoms with van der Waals surface area (Å²) in [5, 5.41) is 5.57. The van der Waals surface area contributed by atoms with E-state index in [1.165, 1.54) is 42.2 Å². The summed E-state index contributed by atoms with van der Waals surface area (Å²) >= 11 is 0. The minimum absolute atomic E-state index is 0.181. The van der Waals surface area contributed by atoms with Crippen LogP contribution in [0.15, 0.2) is 47.3 Å². The van der Waals surface area contributed by atoms with Gasteiger partial charge in [-0.2, -0.15) is 0 Å². The number of carbonyl (C=O) groups is 2. The third-order valence-electron chi connectivity index (χ3n) is 4.51. The largest absolute Gasteiger partial charge is 0.442 e. The third-order valence-corrected chi connectivity index (χ3v) is 4.51. The van der Waals surface area contributed by atoms with Gasteiger partial charge in [0.1, 0.15) is 11.9 Å². The van der Waals surface area contributed by atoms with Crippen LogP contribution >= 0.6 is 0 Å². The van der Waals surface area contributed by atoms with Gasteiger partial charge in [0.25, 0.3) is 0 Å². The average molecular weight is 409 g/mol. The van der Waals surface area contributed by atoms with Crippen LogP contribution in [0.1, 0.15) is 6.92 Å². The highest BCUT2D eigenvalue weighted by molar-refractivity contribution is 5.90. The summed E-state index contributed by atoms with van der Waals surface area (Å²) in [4.78, 5) is 36.2. The Morgan fingerprint density at radius 3 is 2.67 bits per heavy atom. The average Bonchev–Trinajstić information content (AvgIpc) is 2.98. The van der Waals surface area contributed by atoms with Gasteiger partial charge in [-0.1, -0.05) is 5.92 Å². The molecule has 2 aromatic rings. The fraction of sp³-hybridized carbons (Fsp3) is 0.227. The van der Waals surface area contributed by atoms with Crippen molar-refractivity contribution < 1.29 is 18.7 Å². The van der Waals surface area contributed by atoms with E-state index in [0.29, 0.717) is 16.9 Å². The van der Waals surface area contributed by atoms with E-state index in [4.69, 9.17) is 11.2 Å². The first kappa shape index (κ1) is 20.9. The van der Waals surface area contributed by atoms with E-state index >= 15 is 4.39 Å². The molecule has 8 heteroatoms. The number of hydrogen-bond acceptors (Lipinski definition) is 5. The Labute approximate surface area is 172 Å². The quantitative estimate of drug-likeness (QED) is 0.716. The molecule has 2 aromatic carbocycles. The Kier molecular flexibility index (Phi) is 6.32. The number of nitrogens with one attached hydrogen (secondary N) is 2. The zero-order valence-corrected chi connectivity index (χ0v) is 16.3. The molecule has 1 aliphatic rings. The number of rotatable bonds is 6. The first-order chi connectivity index (χ1) is 14.4. The predicted octanol–water partition coefficient (Wildman–Crippen LogP) is 2.36. The molecule has 1 heterocycles. The summed E-state index contributed by atoms with van der Waals surface area (Å²) in [6, 6.07) is 10.1. The van der Waals surface area contributed by atoms with Crippen LogP contribution in [0.3, 0.4) is 0 Å². The monoisotopic (exact) mass is 409 g/mol. The third kappa shape index (κ3) is 4.75. The molecule has 2 N–H and O–H groups in total. The summed E-state index contributed by atoms with van der Waals surface area (Å²) in [5.74, 6) is 1.63. The second-order valence-corrected chi connectivity index (χ2v) is 6.67. The number of terminal acetylenes is 1. The Morgan fingerprint density at radius 2 is 1.97 bits per heavy atom. The zero-order valence-electron chi connectivity index (χ0n) is 16.3. The topological polar surface area (TPSA) is 87.7 Å².